The third kappa shape index (κ3) is 4.43. The van der Waals surface area contributed by atoms with Crippen LogP contribution in [0.25, 0.3) is 0 Å². The molecule has 1 unspecified atom stereocenters. The van der Waals surface area contributed by atoms with Crippen molar-refractivity contribution in [1.82, 2.24) is 9.80 Å². The van der Waals surface area contributed by atoms with Crippen LogP contribution < -0.4 is 4.90 Å². The zero-order chi connectivity index (χ0) is 22.8. The van der Waals surface area contributed by atoms with Crippen molar-refractivity contribution in [3.05, 3.63) is 69.2 Å². The van der Waals surface area contributed by atoms with Crippen LogP contribution in [-0.4, -0.2) is 65.2 Å². The maximum absolute atomic E-state index is 13.0. The van der Waals surface area contributed by atoms with Gasteiger partial charge in [0.05, 0.1) is 10.8 Å². The van der Waals surface area contributed by atoms with Gasteiger partial charge in [-0.25, -0.2) is 0 Å². The van der Waals surface area contributed by atoms with Crippen molar-refractivity contribution < 1.29 is 19.3 Å². The summed E-state index contributed by atoms with van der Waals surface area (Å²) in [6, 6.07) is 12.5. The van der Waals surface area contributed by atoms with Gasteiger partial charge in [0, 0.05) is 67.6 Å². The summed E-state index contributed by atoms with van der Waals surface area (Å²) < 4.78 is 0. The number of amides is 3. The highest BCUT2D eigenvalue weighted by Crippen LogP contribution is 2.28. The molecule has 0 bridgehead atoms. The topological polar surface area (TPSA) is 104 Å². The standard InChI is InChI=1S/C22H21ClN4O5/c23-17-2-1-3-19(13-17)26-14-16(12-20(26)28)22(30)25-10-8-24(9-11-25)21(29)15-4-6-18(7-5-15)27(31)32/h1-7,13,16H,8-12,14H2. The Hall–Kier alpha value is -3.46. The Bertz CT molecular complexity index is 1070. The Morgan fingerprint density at radius 3 is 2.28 bits per heavy atom. The van der Waals surface area contributed by atoms with Crippen molar-refractivity contribution in [3.63, 3.8) is 0 Å². The fraction of sp³-hybridized carbons (Fsp3) is 0.318. The van der Waals surface area contributed by atoms with Crippen LogP contribution in [0.5, 0.6) is 0 Å². The average molecular weight is 457 g/mol. The van der Waals surface area contributed by atoms with E-state index < -0.39 is 10.8 Å². The van der Waals surface area contributed by atoms with E-state index in [1.165, 1.54) is 24.3 Å². The first-order chi connectivity index (χ1) is 15.3. The summed E-state index contributed by atoms with van der Waals surface area (Å²) in [7, 11) is 0. The number of benzene rings is 2. The van der Waals surface area contributed by atoms with Gasteiger partial charge in [-0.05, 0) is 30.3 Å². The molecule has 0 N–H and O–H groups in total. The average Bonchev–Trinajstić information content (AvgIpc) is 3.20. The number of nitrogens with zero attached hydrogens (tertiary/aromatic N) is 4. The summed E-state index contributed by atoms with van der Waals surface area (Å²) in [6.45, 7) is 1.78. The number of carbonyl (C=O) groups excluding carboxylic acids is 3. The molecule has 2 saturated heterocycles. The highest BCUT2D eigenvalue weighted by atomic mass is 35.5. The van der Waals surface area contributed by atoms with Crippen LogP contribution in [0.2, 0.25) is 5.02 Å². The monoisotopic (exact) mass is 456 g/mol. The Labute approximate surface area is 189 Å². The zero-order valence-electron chi connectivity index (χ0n) is 17.1. The molecule has 32 heavy (non-hydrogen) atoms. The molecule has 0 radical (unpaired) electrons. The quantitative estimate of drug-likeness (QED) is 0.519. The summed E-state index contributed by atoms with van der Waals surface area (Å²) in [5.41, 5.74) is 0.972. The zero-order valence-corrected chi connectivity index (χ0v) is 17.9. The number of nitro benzene ring substituents is 1. The first kappa shape index (κ1) is 21.8. The molecule has 1 atom stereocenters. The van der Waals surface area contributed by atoms with E-state index in [0.29, 0.717) is 49.0 Å². The Balaban J connectivity index is 1.34. The largest absolute Gasteiger partial charge is 0.339 e. The lowest BCUT2D eigenvalue weighted by atomic mass is 10.1. The molecule has 0 aromatic heterocycles. The van der Waals surface area contributed by atoms with Gasteiger partial charge < -0.3 is 14.7 Å². The van der Waals surface area contributed by atoms with E-state index in [1.807, 2.05) is 0 Å². The van der Waals surface area contributed by atoms with Gasteiger partial charge in [-0.15, -0.1) is 0 Å². The summed E-state index contributed by atoms with van der Waals surface area (Å²) in [5.74, 6) is -0.864. The first-order valence-electron chi connectivity index (χ1n) is 10.2. The number of hydrogen-bond acceptors (Lipinski definition) is 5. The van der Waals surface area contributed by atoms with Crippen LogP contribution in [0.4, 0.5) is 11.4 Å². The van der Waals surface area contributed by atoms with Crippen LogP contribution in [0, 0.1) is 16.0 Å². The van der Waals surface area contributed by atoms with Crippen molar-refractivity contribution in [2.45, 2.75) is 6.42 Å². The second kappa shape index (κ2) is 8.96. The minimum absolute atomic E-state index is 0.0742. The summed E-state index contributed by atoms with van der Waals surface area (Å²) in [6.07, 6.45) is 0.146. The molecule has 2 aliphatic rings. The third-order valence-corrected chi connectivity index (χ3v) is 6.03. The van der Waals surface area contributed by atoms with Crippen LogP contribution >= 0.6 is 11.6 Å². The lowest BCUT2D eigenvalue weighted by Gasteiger charge is -2.36. The molecule has 4 rings (SSSR count). The van der Waals surface area contributed by atoms with Crippen LogP contribution in [-0.2, 0) is 9.59 Å². The van der Waals surface area contributed by atoms with Gasteiger partial charge >= 0.3 is 0 Å². The minimum Gasteiger partial charge on any atom is -0.339 e. The fourth-order valence-electron chi connectivity index (χ4n) is 4.06. The van der Waals surface area contributed by atoms with E-state index in [2.05, 4.69) is 0 Å². The molecule has 2 aromatic rings. The lowest BCUT2D eigenvalue weighted by Crippen LogP contribution is -2.52. The molecular formula is C22H21ClN4O5. The van der Waals surface area contributed by atoms with Gasteiger partial charge in [0.25, 0.3) is 11.6 Å². The molecule has 0 aliphatic carbocycles. The first-order valence-corrected chi connectivity index (χ1v) is 10.6. The highest BCUT2D eigenvalue weighted by Gasteiger charge is 2.38. The molecule has 166 valence electrons. The molecular weight excluding hydrogens is 436 g/mol. The van der Waals surface area contributed by atoms with Gasteiger partial charge in [-0.1, -0.05) is 17.7 Å². The summed E-state index contributed by atoms with van der Waals surface area (Å²) in [4.78, 5) is 53.3. The number of halogens is 1. The molecule has 0 saturated carbocycles. The molecule has 2 heterocycles. The Kier molecular flexibility index (Phi) is 6.09. The fourth-order valence-corrected chi connectivity index (χ4v) is 4.25. The molecule has 10 heteroatoms. The smallest absolute Gasteiger partial charge is 0.269 e. The third-order valence-electron chi connectivity index (χ3n) is 5.80. The SMILES string of the molecule is O=C(c1ccc([N+](=O)[O-])cc1)N1CCN(C(=O)C2CC(=O)N(c3cccc(Cl)c3)C2)CC1. The van der Waals surface area contributed by atoms with E-state index in [0.717, 1.165) is 0 Å². The van der Waals surface area contributed by atoms with E-state index in [-0.39, 0.29) is 29.8 Å². The van der Waals surface area contributed by atoms with E-state index in [4.69, 9.17) is 11.6 Å². The molecule has 3 amide bonds. The van der Waals surface area contributed by atoms with Crippen molar-refractivity contribution in [2.24, 2.45) is 5.92 Å². The normalized spacial score (nSPS) is 18.7. The van der Waals surface area contributed by atoms with E-state index in [9.17, 15) is 24.5 Å². The number of anilines is 1. The number of hydrogen-bond donors (Lipinski definition) is 0. The molecule has 0 spiro atoms. The van der Waals surface area contributed by atoms with Gasteiger partial charge in [0.2, 0.25) is 11.8 Å². The van der Waals surface area contributed by atoms with Crippen molar-refractivity contribution in [2.75, 3.05) is 37.6 Å². The van der Waals surface area contributed by atoms with E-state index >= 15 is 0 Å². The predicted octanol–water partition coefficient (Wildman–Crippen LogP) is 2.59. The van der Waals surface area contributed by atoms with E-state index in [1.54, 1.807) is 39.0 Å². The summed E-state index contributed by atoms with van der Waals surface area (Å²) in [5, 5.41) is 11.3. The number of nitro groups is 1. The minimum atomic E-state index is -0.514. The number of non-ortho nitro benzene ring substituents is 1. The second-order valence-corrected chi connectivity index (χ2v) is 8.24. The van der Waals surface area contributed by atoms with Gasteiger partial charge in [0.1, 0.15) is 0 Å². The van der Waals surface area contributed by atoms with Crippen molar-refractivity contribution >= 4 is 40.7 Å². The van der Waals surface area contributed by atoms with Crippen LogP contribution in [0.15, 0.2) is 48.5 Å². The second-order valence-electron chi connectivity index (χ2n) is 7.81. The maximum Gasteiger partial charge on any atom is 0.269 e. The Morgan fingerprint density at radius 1 is 1.00 bits per heavy atom. The molecule has 2 aliphatic heterocycles. The van der Waals surface area contributed by atoms with Gasteiger partial charge in [-0.3, -0.25) is 24.5 Å². The molecule has 2 fully saturated rings. The van der Waals surface area contributed by atoms with Crippen molar-refractivity contribution in [3.8, 4) is 0 Å². The Morgan fingerprint density at radius 2 is 1.66 bits per heavy atom. The predicted molar refractivity (Wildman–Crippen MR) is 117 cm³/mol. The summed E-state index contributed by atoms with van der Waals surface area (Å²) >= 11 is 6.02. The number of piperazine rings is 1. The van der Waals surface area contributed by atoms with Gasteiger partial charge in [-0.2, -0.15) is 0 Å². The molecule has 2 aromatic carbocycles. The van der Waals surface area contributed by atoms with Gasteiger partial charge in [0.15, 0.2) is 0 Å². The highest BCUT2D eigenvalue weighted by molar-refractivity contribution is 6.31. The number of rotatable bonds is 4. The van der Waals surface area contributed by atoms with Crippen LogP contribution in [0.3, 0.4) is 0 Å². The van der Waals surface area contributed by atoms with Crippen molar-refractivity contribution in [1.29, 1.82) is 0 Å². The van der Waals surface area contributed by atoms with Crippen LogP contribution in [0.1, 0.15) is 16.8 Å². The molecule has 9 nitrogen and oxygen atoms in total. The maximum atomic E-state index is 13.0. The number of carbonyl (C=O) groups is 3. The lowest BCUT2D eigenvalue weighted by molar-refractivity contribution is -0.384.